The van der Waals surface area contributed by atoms with Crippen molar-refractivity contribution in [2.75, 3.05) is 20.3 Å². The van der Waals surface area contributed by atoms with E-state index in [1.54, 1.807) is 7.11 Å². The van der Waals surface area contributed by atoms with Crippen molar-refractivity contribution in [1.82, 2.24) is 5.32 Å². The maximum absolute atomic E-state index is 5.92. The minimum absolute atomic E-state index is 0.0537. The molecule has 0 amide bonds. The van der Waals surface area contributed by atoms with Crippen molar-refractivity contribution in [1.29, 1.82) is 0 Å². The Morgan fingerprint density at radius 1 is 1.35 bits per heavy atom. The predicted molar refractivity (Wildman–Crippen MR) is 79.5 cm³/mol. The molecule has 1 aliphatic rings. The van der Waals surface area contributed by atoms with Crippen molar-refractivity contribution in [3.63, 3.8) is 0 Å². The van der Waals surface area contributed by atoms with Gasteiger partial charge in [-0.25, -0.2) is 0 Å². The Kier molecular flexibility index (Phi) is 4.89. The van der Waals surface area contributed by atoms with E-state index in [1.165, 1.54) is 0 Å². The predicted octanol–water partition coefficient (Wildman–Crippen LogP) is 2.62. The van der Waals surface area contributed by atoms with Crippen LogP contribution in [0, 0.1) is 0 Å². The van der Waals surface area contributed by atoms with Crippen molar-refractivity contribution >= 4 is 0 Å². The van der Waals surface area contributed by atoms with Gasteiger partial charge in [-0.15, -0.1) is 0 Å². The van der Waals surface area contributed by atoms with Gasteiger partial charge in [0.25, 0.3) is 0 Å². The van der Waals surface area contributed by atoms with Crippen LogP contribution in [-0.4, -0.2) is 38.0 Å². The second-order valence-electron chi connectivity index (χ2n) is 5.97. The highest BCUT2D eigenvalue weighted by atomic mass is 16.6. The zero-order valence-electron chi connectivity index (χ0n) is 12.8. The van der Waals surface area contributed by atoms with Crippen molar-refractivity contribution in [2.24, 2.45) is 0 Å². The number of methoxy groups -OCH3 is 1. The van der Waals surface area contributed by atoms with Crippen LogP contribution >= 0.6 is 0 Å². The Morgan fingerprint density at radius 2 is 2.05 bits per heavy atom. The number of fused-ring (bicyclic) bond motifs is 1. The van der Waals surface area contributed by atoms with Gasteiger partial charge in [0.15, 0.2) is 11.5 Å². The number of benzene rings is 1. The lowest BCUT2D eigenvalue weighted by atomic mass is 10.00. The van der Waals surface area contributed by atoms with E-state index in [9.17, 15) is 0 Å². The van der Waals surface area contributed by atoms with Crippen LogP contribution in [0.25, 0.3) is 0 Å². The molecule has 1 aliphatic heterocycles. The van der Waals surface area contributed by atoms with Gasteiger partial charge in [-0.2, -0.15) is 0 Å². The molecule has 0 saturated carbocycles. The second kappa shape index (κ2) is 6.46. The lowest BCUT2D eigenvalue weighted by Gasteiger charge is -2.30. The second-order valence-corrected chi connectivity index (χ2v) is 5.97. The largest absolute Gasteiger partial charge is 0.486 e. The first-order valence-electron chi connectivity index (χ1n) is 7.17. The minimum Gasteiger partial charge on any atom is -0.486 e. The highest BCUT2D eigenvalue weighted by Gasteiger charge is 2.23. The van der Waals surface area contributed by atoms with Gasteiger partial charge < -0.3 is 19.5 Å². The Labute approximate surface area is 121 Å². The highest BCUT2D eigenvalue weighted by molar-refractivity contribution is 5.40. The molecule has 0 bridgehead atoms. The van der Waals surface area contributed by atoms with Gasteiger partial charge in [0.05, 0.1) is 5.60 Å². The SMILES string of the molecule is COC(C)(C)CC(C)NCC1COc2ccccc2O1. The summed E-state index contributed by atoms with van der Waals surface area (Å²) in [5, 5.41) is 3.49. The summed E-state index contributed by atoms with van der Waals surface area (Å²) in [6, 6.07) is 8.16. The maximum atomic E-state index is 5.92. The topological polar surface area (TPSA) is 39.7 Å². The van der Waals surface area contributed by atoms with Crippen LogP contribution in [0.5, 0.6) is 11.5 Å². The Bertz CT molecular complexity index is 433. The fourth-order valence-electron chi connectivity index (χ4n) is 2.39. The van der Waals surface area contributed by atoms with Gasteiger partial charge in [0, 0.05) is 19.7 Å². The van der Waals surface area contributed by atoms with E-state index in [-0.39, 0.29) is 11.7 Å². The molecule has 2 unspecified atom stereocenters. The fourth-order valence-corrected chi connectivity index (χ4v) is 2.39. The molecule has 0 fully saturated rings. The molecule has 0 radical (unpaired) electrons. The average molecular weight is 279 g/mol. The molecule has 2 atom stereocenters. The van der Waals surface area contributed by atoms with Crippen LogP contribution in [0.15, 0.2) is 24.3 Å². The lowest BCUT2D eigenvalue weighted by molar-refractivity contribution is 0.00692. The van der Waals surface area contributed by atoms with Crippen molar-refractivity contribution in [3.8, 4) is 11.5 Å². The molecule has 1 heterocycles. The zero-order valence-corrected chi connectivity index (χ0v) is 12.8. The summed E-state index contributed by atoms with van der Waals surface area (Å²) in [6.45, 7) is 7.72. The summed E-state index contributed by atoms with van der Waals surface area (Å²) in [7, 11) is 1.75. The summed E-state index contributed by atoms with van der Waals surface area (Å²) in [4.78, 5) is 0. The Balaban J connectivity index is 1.79. The van der Waals surface area contributed by atoms with E-state index >= 15 is 0 Å². The maximum Gasteiger partial charge on any atom is 0.161 e. The third-order valence-electron chi connectivity index (χ3n) is 3.61. The van der Waals surface area contributed by atoms with E-state index in [0.717, 1.165) is 24.5 Å². The number of ether oxygens (including phenoxy) is 3. The van der Waals surface area contributed by atoms with Gasteiger partial charge in [0.1, 0.15) is 12.7 Å². The fraction of sp³-hybridized carbons (Fsp3) is 0.625. The Morgan fingerprint density at radius 3 is 2.75 bits per heavy atom. The summed E-state index contributed by atoms with van der Waals surface area (Å²) >= 11 is 0. The molecule has 0 spiro atoms. The summed E-state index contributed by atoms with van der Waals surface area (Å²) < 4.78 is 17.1. The average Bonchev–Trinajstić information content (AvgIpc) is 2.44. The molecule has 0 aliphatic carbocycles. The quantitative estimate of drug-likeness (QED) is 0.869. The molecule has 0 saturated heterocycles. The Hall–Kier alpha value is -1.26. The number of hydrogen-bond acceptors (Lipinski definition) is 4. The molecular formula is C16H25NO3. The summed E-state index contributed by atoms with van der Waals surface area (Å²) in [5.74, 6) is 1.66. The third kappa shape index (κ3) is 4.12. The summed E-state index contributed by atoms with van der Waals surface area (Å²) in [6.07, 6.45) is 1.01. The van der Waals surface area contributed by atoms with E-state index in [1.807, 2.05) is 24.3 Å². The van der Waals surface area contributed by atoms with Crippen LogP contribution < -0.4 is 14.8 Å². The monoisotopic (exact) mass is 279 g/mol. The van der Waals surface area contributed by atoms with Crippen LogP contribution in [0.4, 0.5) is 0 Å². The molecule has 1 aromatic carbocycles. The molecule has 4 nitrogen and oxygen atoms in total. The normalized spacial score (nSPS) is 19.7. The van der Waals surface area contributed by atoms with Gasteiger partial charge in [-0.3, -0.25) is 0 Å². The number of hydrogen-bond donors (Lipinski definition) is 1. The first-order chi connectivity index (χ1) is 9.50. The molecule has 1 N–H and O–H groups in total. The zero-order chi connectivity index (χ0) is 14.6. The third-order valence-corrected chi connectivity index (χ3v) is 3.61. The highest BCUT2D eigenvalue weighted by Crippen LogP contribution is 2.30. The van der Waals surface area contributed by atoms with E-state index in [4.69, 9.17) is 14.2 Å². The summed E-state index contributed by atoms with van der Waals surface area (Å²) in [5.41, 5.74) is -0.108. The van der Waals surface area contributed by atoms with Crippen molar-refractivity contribution in [3.05, 3.63) is 24.3 Å². The molecule has 4 heteroatoms. The van der Waals surface area contributed by atoms with Crippen LogP contribution in [0.1, 0.15) is 27.2 Å². The molecule has 0 aromatic heterocycles. The minimum atomic E-state index is -0.108. The van der Waals surface area contributed by atoms with Crippen molar-refractivity contribution < 1.29 is 14.2 Å². The first-order valence-corrected chi connectivity index (χ1v) is 7.17. The van der Waals surface area contributed by atoms with Crippen molar-refractivity contribution in [2.45, 2.75) is 44.9 Å². The van der Waals surface area contributed by atoms with Crippen LogP contribution in [0.2, 0.25) is 0 Å². The number of rotatable bonds is 6. The first kappa shape index (κ1) is 15.1. The van der Waals surface area contributed by atoms with E-state index in [0.29, 0.717) is 12.6 Å². The van der Waals surface area contributed by atoms with Gasteiger partial charge >= 0.3 is 0 Å². The lowest BCUT2D eigenvalue weighted by Crippen LogP contribution is -2.43. The van der Waals surface area contributed by atoms with Crippen LogP contribution in [-0.2, 0) is 4.74 Å². The molecule has 20 heavy (non-hydrogen) atoms. The molecule has 1 aromatic rings. The molecule has 2 rings (SSSR count). The smallest absolute Gasteiger partial charge is 0.161 e. The van der Waals surface area contributed by atoms with E-state index < -0.39 is 0 Å². The van der Waals surface area contributed by atoms with Gasteiger partial charge in [-0.1, -0.05) is 12.1 Å². The molecule has 112 valence electrons. The van der Waals surface area contributed by atoms with E-state index in [2.05, 4.69) is 26.1 Å². The number of para-hydroxylation sites is 2. The van der Waals surface area contributed by atoms with Gasteiger partial charge in [0.2, 0.25) is 0 Å². The standard InChI is InChI=1S/C16H25NO3/c1-12(9-16(2,3)18-4)17-10-13-11-19-14-7-5-6-8-15(14)20-13/h5-8,12-13,17H,9-11H2,1-4H3. The molecular weight excluding hydrogens is 254 g/mol. The van der Waals surface area contributed by atoms with Crippen LogP contribution in [0.3, 0.4) is 0 Å². The van der Waals surface area contributed by atoms with Gasteiger partial charge in [-0.05, 0) is 39.3 Å². The number of nitrogens with one attached hydrogen (secondary N) is 1.